The summed E-state index contributed by atoms with van der Waals surface area (Å²) in [4.78, 5) is 40.7. The monoisotopic (exact) mass is 333 g/mol. The molecule has 0 spiro atoms. The molecule has 0 aromatic carbocycles. The van der Waals surface area contributed by atoms with Crippen LogP contribution in [0.5, 0.6) is 0 Å². The summed E-state index contributed by atoms with van der Waals surface area (Å²) >= 11 is 0.985. The van der Waals surface area contributed by atoms with Crippen LogP contribution in [0.1, 0.15) is 49.8 Å². The van der Waals surface area contributed by atoms with E-state index in [1.807, 2.05) is 0 Å². The fourth-order valence-corrected chi connectivity index (χ4v) is 2.86. The second kappa shape index (κ2) is 7.64. The number of esters is 2. The van der Waals surface area contributed by atoms with Gasteiger partial charge in [-0.25, -0.2) is 9.59 Å². The molecule has 0 radical (unpaired) electrons. The van der Waals surface area contributed by atoms with Gasteiger partial charge in [0.25, 0.3) is 0 Å². The molecule has 120 valence electrons. The summed E-state index contributed by atoms with van der Waals surface area (Å²) in [6.07, 6.45) is 2.94. The highest BCUT2D eigenvalue weighted by Crippen LogP contribution is 2.27. The fraction of sp³-hybridized carbons (Fsp3) is 0.250. The Labute approximate surface area is 137 Å². The number of ketones is 1. The molecule has 0 aliphatic heterocycles. The van der Waals surface area contributed by atoms with E-state index in [4.69, 9.17) is 9.47 Å². The zero-order valence-corrected chi connectivity index (χ0v) is 13.5. The third kappa shape index (κ3) is 3.62. The summed E-state index contributed by atoms with van der Waals surface area (Å²) in [6, 6.07) is 3.21. The van der Waals surface area contributed by atoms with Crippen molar-refractivity contribution in [2.24, 2.45) is 0 Å². The summed E-state index contributed by atoms with van der Waals surface area (Å²) in [5.41, 5.74) is 0.389. The molecule has 0 N–H and O–H groups in total. The minimum atomic E-state index is -0.718. The van der Waals surface area contributed by atoms with Crippen LogP contribution in [0.3, 0.4) is 0 Å². The number of carbonyl (C=O) groups is 3. The van der Waals surface area contributed by atoms with Crippen LogP contribution in [0.15, 0.2) is 29.9 Å². The molecule has 23 heavy (non-hydrogen) atoms. The lowest BCUT2D eigenvalue weighted by Gasteiger charge is -2.06. The van der Waals surface area contributed by atoms with Crippen molar-refractivity contribution in [2.45, 2.75) is 13.8 Å². The van der Waals surface area contributed by atoms with E-state index in [9.17, 15) is 14.4 Å². The molecule has 0 fully saturated rings. The van der Waals surface area contributed by atoms with Crippen molar-refractivity contribution in [2.75, 3.05) is 13.2 Å². The highest BCUT2D eigenvalue weighted by Gasteiger charge is 2.29. The van der Waals surface area contributed by atoms with Gasteiger partial charge in [0.2, 0.25) is 0 Å². The molecule has 0 aliphatic rings. The lowest BCUT2D eigenvalue weighted by molar-refractivity contribution is 0.0482. The van der Waals surface area contributed by atoms with Gasteiger partial charge in [-0.15, -0.1) is 11.3 Å². The number of carbonyl (C=O) groups excluding carboxylic acids is 3. The summed E-state index contributed by atoms with van der Waals surface area (Å²) in [7, 11) is 0. The standard InChI is InChI=1S/C16H15NO5S/c1-3-21-15(19)12-11(9-23-14(12)16(20)22-4-2)13(18)10-6-5-7-17-8-10/h5-9H,3-4H2,1-2H3. The van der Waals surface area contributed by atoms with Crippen LogP contribution in [0, 0.1) is 0 Å². The van der Waals surface area contributed by atoms with Crippen LogP contribution < -0.4 is 0 Å². The summed E-state index contributed by atoms with van der Waals surface area (Å²) in [6.45, 7) is 3.62. The molecular weight excluding hydrogens is 318 g/mol. The summed E-state index contributed by atoms with van der Waals surface area (Å²) < 4.78 is 9.91. The predicted octanol–water partition coefficient (Wildman–Crippen LogP) is 2.73. The molecule has 2 aromatic heterocycles. The molecule has 0 aliphatic carbocycles. The Balaban J connectivity index is 2.49. The SMILES string of the molecule is CCOC(=O)c1scc(C(=O)c2cccnc2)c1C(=O)OCC. The zero-order valence-electron chi connectivity index (χ0n) is 12.7. The van der Waals surface area contributed by atoms with E-state index < -0.39 is 17.7 Å². The first-order valence-electron chi connectivity index (χ1n) is 7.00. The molecule has 0 atom stereocenters. The van der Waals surface area contributed by atoms with Crippen molar-refractivity contribution in [3.63, 3.8) is 0 Å². The number of hydrogen-bond donors (Lipinski definition) is 0. The van der Waals surface area contributed by atoms with Crippen LogP contribution >= 0.6 is 11.3 Å². The first kappa shape index (κ1) is 16.8. The first-order chi connectivity index (χ1) is 11.1. The Bertz CT molecular complexity index is 723. The van der Waals surface area contributed by atoms with Crippen molar-refractivity contribution < 1.29 is 23.9 Å². The second-order valence-corrected chi connectivity index (χ2v) is 5.24. The maximum atomic E-state index is 12.6. The molecule has 7 heteroatoms. The summed E-state index contributed by atoms with van der Waals surface area (Å²) in [5.74, 6) is -1.76. The van der Waals surface area contributed by atoms with Gasteiger partial charge in [0.1, 0.15) is 4.88 Å². The quantitative estimate of drug-likeness (QED) is 0.597. The van der Waals surface area contributed by atoms with Crippen LogP contribution in [0.25, 0.3) is 0 Å². The highest BCUT2D eigenvalue weighted by molar-refractivity contribution is 7.12. The maximum absolute atomic E-state index is 12.6. The smallest absolute Gasteiger partial charge is 0.349 e. The molecule has 6 nitrogen and oxygen atoms in total. The van der Waals surface area contributed by atoms with Gasteiger partial charge in [0, 0.05) is 28.9 Å². The van der Waals surface area contributed by atoms with Gasteiger partial charge in [0.05, 0.1) is 18.8 Å². The topological polar surface area (TPSA) is 82.6 Å². The van der Waals surface area contributed by atoms with Crippen molar-refractivity contribution in [3.8, 4) is 0 Å². The zero-order chi connectivity index (χ0) is 16.8. The van der Waals surface area contributed by atoms with Gasteiger partial charge in [-0.05, 0) is 26.0 Å². The van der Waals surface area contributed by atoms with Gasteiger partial charge >= 0.3 is 11.9 Å². The molecule has 2 heterocycles. The Morgan fingerprint density at radius 2 is 1.83 bits per heavy atom. The van der Waals surface area contributed by atoms with Crippen LogP contribution in [0.2, 0.25) is 0 Å². The lowest BCUT2D eigenvalue weighted by atomic mass is 10.0. The summed E-state index contributed by atoms with van der Waals surface area (Å²) in [5, 5.41) is 1.47. The average Bonchev–Trinajstić information content (AvgIpc) is 3.00. The number of rotatable bonds is 6. The average molecular weight is 333 g/mol. The molecule has 2 aromatic rings. The normalized spacial score (nSPS) is 10.2. The minimum absolute atomic E-state index is 0.0517. The number of pyridine rings is 1. The highest BCUT2D eigenvalue weighted by atomic mass is 32.1. The molecule has 0 saturated heterocycles. The Morgan fingerprint density at radius 3 is 2.43 bits per heavy atom. The Morgan fingerprint density at radius 1 is 1.13 bits per heavy atom. The van der Waals surface area contributed by atoms with Crippen molar-refractivity contribution in [1.29, 1.82) is 0 Å². The lowest BCUT2D eigenvalue weighted by Crippen LogP contribution is -2.15. The maximum Gasteiger partial charge on any atom is 0.349 e. The fourth-order valence-electron chi connectivity index (χ4n) is 1.93. The number of hydrogen-bond acceptors (Lipinski definition) is 7. The van der Waals surface area contributed by atoms with E-state index in [0.717, 1.165) is 11.3 Å². The van der Waals surface area contributed by atoms with E-state index in [1.165, 1.54) is 11.6 Å². The predicted molar refractivity (Wildman–Crippen MR) is 83.9 cm³/mol. The van der Waals surface area contributed by atoms with Crippen LogP contribution in [-0.2, 0) is 9.47 Å². The van der Waals surface area contributed by atoms with Crippen molar-refractivity contribution in [1.82, 2.24) is 4.98 Å². The second-order valence-electron chi connectivity index (χ2n) is 4.37. The molecule has 2 rings (SSSR count). The number of ether oxygens (including phenoxy) is 2. The van der Waals surface area contributed by atoms with E-state index in [1.54, 1.807) is 32.2 Å². The minimum Gasteiger partial charge on any atom is -0.462 e. The number of aromatic nitrogens is 1. The van der Waals surface area contributed by atoms with Gasteiger partial charge in [0.15, 0.2) is 5.78 Å². The first-order valence-corrected chi connectivity index (χ1v) is 7.88. The Hall–Kier alpha value is -2.54. The van der Waals surface area contributed by atoms with Crippen LogP contribution in [0.4, 0.5) is 0 Å². The number of thiophene rings is 1. The molecule has 0 amide bonds. The largest absolute Gasteiger partial charge is 0.462 e. The Kier molecular flexibility index (Phi) is 5.59. The van der Waals surface area contributed by atoms with Crippen LogP contribution in [-0.4, -0.2) is 35.9 Å². The third-order valence-corrected chi connectivity index (χ3v) is 3.86. The van der Waals surface area contributed by atoms with E-state index >= 15 is 0 Å². The van der Waals surface area contributed by atoms with Gasteiger partial charge in [-0.2, -0.15) is 0 Å². The van der Waals surface area contributed by atoms with E-state index in [0.29, 0.717) is 5.56 Å². The van der Waals surface area contributed by atoms with E-state index in [2.05, 4.69) is 4.98 Å². The van der Waals surface area contributed by atoms with Crippen molar-refractivity contribution in [3.05, 3.63) is 51.5 Å². The van der Waals surface area contributed by atoms with Gasteiger partial charge in [-0.1, -0.05) is 0 Å². The molecule has 0 unspecified atom stereocenters. The number of nitrogens with zero attached hydrogens (tertiary/aromatic N) is 1. The third-order valence-electron chi connectivity index (χ3n) is 2.90. The molecule has 0 saturated carbocycles. The molecule has 0 bridgehead atoms. The van der Waals surface area contributed by atoms with Crippen molar-refractivity contribution >= 4 is 29.1 Å². The molecular formula is C16H15NO5S. The van der Waals surface area contributed by atoms with Gasteiger partial charge < -0.3 is 9.47 Å². The van der Waals surface area contributed by atoms with Gasteiger partial charge in [-0.3, -0.25) is 9.78 Å². The van der Waals surface area contributed by atoms with E-state index in [-0.39, 0.29) is 29.2 Å².